The minimum atomic E-state index is -4.66. The summed E-state index contributed by atoms with van der Waals surface area (Å²) in [5.41, 5.74) is 4.56. The zero-order valence-corrected chi connectivity index (χ0v) is 39.5. The highest BCUT2D eigenvalue weighted by molar-refractivity contribution is 7.90. The molecule has 5 heterocycles. The first kappa shape index (κ1) is 45.1. The van der Waals surface area contributed by atoms with Gasteiger partial charge in [-0.3, -0.25) is 19.8 Å². The number of aromatic nitrogens is 2. The molecule has 16 heteroatoms. The number of nitro groups is 1. The molecule has 2 aromatic heterocycles. The third kappa shape index (κ3) is 8.83. The number of sulfonamides is 1. The van der Waals surface area contributed by atoms with E-state index in [1.165, 1.54) is 42.9 Å². The van der Waals surface area contributed by atoms with Crippen LogP contribution in [0.5, 0.6) is 17.2 Å². The average molecular weight is 932 g/mol. The van der Waals surface area contributed by atoms with Crippen LogP contribution < -0.4 is 24.4 Å². The number of fused-ring (bicyclic) bond motifs is 2. The maximum atomic E-state index is 14.2. The molecule has 4 N–H and O–H groups in total. The molecular formula is C51H61N7O8S. The van der Waals surface area contributed by atoms with E-state index >= 15 is 0 Å². The molecule has 0 unspecified atom stereocenters. The Bertz CT molecular complexity index is 2820. The second-order valence-electron chi connectivity index (χ2n) is 20.5. The molecule has 354 valence electrons. The number of piperidine rings is 1. The SMILES string of the molecule is Cc1c[nH]c2ncc(Oc3cc(N4CCC5(CC4)CC(N4CCC[C@@H]4c4ccccc4C(C)C)C5)ccc3C(=O)NS(=O)(=O)c3cc4c(c([N+](=O)[O-])c3)N[C@@H](C3CCC(C)(O)CC3)CO4)cc12. The molecule has 2 atom stereocenters. The number of H-pyrrole nitrogens is 1. The molecule has 1 spiro atoms. The van der Waals surface area contributed by atoms with Crippen LogP contribution in [0.3, 0.4) is 0 Å². The Morgan fingerprint density at radius 2 is 1.79 bits per heavy atom. The van der Waals surface area contributed by atoms with Crippen molar-refractivity contribution < 1.29 is 32.7 Å². The van der Waals surface area contributed by atoms with Crippen LogP contribution in [-0.4, -0.2) is 83.1 Å². The summed E-state index contributed by atoms with van der Waals surface area (Å²) in [5, 5.41) is 26.9. The summed E-state index contributed by atoms with van der Waals surface area (Å²) in [7, 11) is -4.66. The second-order valence-corrected chi connectivity index (χ2v) is 22.1. The molecule has 3 aliphatic heterocycles. The molecule has 0 radical (unpaired) electrons. The van der Waals surface area contributed by atoms with Crippen LogP contribution >= 0.6 is 0 Å². The fourth-order valence-electron chi connectivity index (χ4n) is 11.7. The van der Waals surface area contributed by atoms with Gasteiger partial charge in [-0.05, 0) is 137 Å². The number of amides is 1. The number of aryl methyl sites for hydroxylation is 1. The first-order valence-electron chi connectivity index (χ1n) is 23.9. The van der Waals surface area contributed by atoms with Gasteiger partial charge < -0.3 is 29.8 Å². The van der Waals surface area contributed by atoms with E-state index in [9.17, 15) is 28.4 Å². The lowest BCUT2D eigenvalue weighted by molar-refractivity contribution is -0.384. The van der Waals surface area contributed by atoms with Gasteiger partial charge in [-0.25, -0.2) is 18.1 Å². The molecule has 0 bridgehead atoms. The summed E-state index contributed by atoms with van der Waals surface area (Å²) in [4.78, 5) is 38.2. The average Bonchev–Trinajstić information content (AvgIpc) is 3.94. The molecule has 3 aromatic carbocycles. The van der Waals surface area contributed by atoms with Crippen molar-refractivity contribution in [1.82, 2.24) is 19.6 Å². The van der Waals surface area contributed by atoms with Gasteiger partial charge in [0.2, 0.25) is 0 Å². The third-order valence-corrected chi connectivity index (χ3v) is 16.9. The highest BCUT2D eigenvalue weighted by Crippen LogP contribution is 2.54. The number of hydrogen-bond donors (Lipinski definition) is 4. The zero-order valence-electron chi connectivity index (χ0n) is 38.7. The van der Waals surface area contributed by atoms with E-state index in [0.717, 1.165) is 55.2 Å². The van der Waals surface area contributed by atoms with Crippen molar-refractivity contribution in [2.24, 2.45) is 11.3 Å². The number of likely N-dealkylation sites (tertiary alicyclic amines) is 1. The standard InChI is InChI=1S/C51H61N7O8S/c1-31(2)38-8-5-6-9-39(38)43-10-7-19-57(43)35-26-51(27-35)17-20-56(21-18-51)34-11-12-40(45(22-34)66-36-23-41-32(3)28-52-48(41)53-29-36)49(59)55-67(63,64)37-24-44(58(61)62)47-46(25-37)65-30-42(54-47)33-13-15-50(4,60)16-14-33/h5-6,8-9,11-12,22-25,28-29,31,33,35,42-43,54,60H,7,10,13-21,26-27,30H2,1-4H3,(H,52,53)(H,55,59)/t33?,42-,43-,50?/m1/s1. The van der Waals surface area contributed by atoms with Crippen molar-refractivity contribution in [2.45, 2.75) is 126 Å². The number of rotatable bonds is 11. The van der Waals surface area contributed by atoms with Crippen molar-refractivity contribution in [2.75, 3.05) is 36.5 Å². The molecule has 1 amide bonds. The molecule has 15 nitrogen and oxygen atoms in total. The fraction of sp³-hybridized carbons (Fsp3) is 0.490. The van der Waals surface area contributed by atoms with Gasteiger partial charge in [-0.2, -0.15) is 0 Å². The van der Waals surface area contributed by atoms with E-state index in [0.29, 0.717) is 60.5 Å². The number of carbonyl (C=O) groups is 1. The van der Waals surface area contributed by atoms with Crippen LogP contribution in [0, 0.1) is 28.4 Å². The highest BCUT2D eigenvalue weighted by Gasteiger charge is 2.50. The van der Waals surface area contributed by atoms with Gasteiger partial charge in [-0.15, -0.1) is 0 Å². The number of carbonyl (C=O) groups excluding carboxylic acids is 1. The molecule has 5 aromatic rings. The maximum absolute atomic E-state index is 14.2. The number of pyridine rings is 1. The zero-order chi connectivity index (χ0) is 46.8. The van der Waals surface area contributed by atoms with Gasteiger partial charge in [-0.1, -0.05) is 38.1 Å². The molecule has 67 heavy (non-hydrogen) atoms. The summed E-state index contributed by atoms with van der Waals surface area (Å²) in [6.07, 6.45) is 12.9. The van der Waals surface area contributed by atoms with Gasteiger partial charge >= 0.3 is 0 Å². The molecule has 2 aliphatic carbocycles. The third-order valence-electron chi connectivity index (χ3n) is 15.6. The van der Waals surface area contributed by atoms with E-state index in [1.54, 1.807) is 18.3 Å². The van der Waals surface area contributed by atoms with Crippen molar-refractivity contribution in [3.8, 4) is 17.2 Å². The summed E-state index contributed by atoms with van der Waals surface area (Å²) in [5.74, 6) is 0.150. The van der Waals surface area contributed by atoms with E-state index in [-0.39, 0.29) is 41.3 Å². The molecular weight excluding hydrogens is 871 g/mol. The van der Waals surface area contributed by atoms with Gasteiger partial charge in [0.25, 0.3) is 21.6 Å². The first-order valence-corrected chi connectivity index (χ1v) is 25.4. The minimum Gasteiger partial charge on any atom is -0.489 e. The number of benzene rings is 3. The smallest absolute Gasteiger partial charge is 0.297 e. The van der Waals surface area contributed by atoms with Crippen LogP contribution in [0.1, 0.15) is 124 Å². The summed E-state index contributed by atoms with van der Waals surface area (Å²) in [6, 6.07) is 18.9. The molecule has 4 fully saturated rings. The molecule has 2 saturated carbocycles. The Hall–Kier alpha value is -5.71. The van der Waals surface area contributed by atoms with Crippen molar-refractivity contribution in [3.63, 3.8) is 0 Å². The number of aliphatic hydroxyl groups is 1. The summed E-state index contributed by atoms with van der Waals surface area (Å²) >= 11 is 0. The number of nitrogens with zero attached hydrogens (tertiary/aromatic N) is 4. The fourth-order valence-corrected chi connectivity index (χ4v) is 12.7. The monoisotopic (exact) mass is 931 g/mol. The predicted molar refractivity (Wildman–Crippen MR) is 257 cm³/mol. The molecule has 2 saturated heterocycles. The first-order chi connectivity index (χ1) is 32.1. The lowest BCUT2D eigenvalue weighted by Crippen LogP contribution is -2.54. The van der Waals surface area contributed by atoms with Crippen molar-refractivity contribution >= 4 is 44.0 Å². The number of ether oxygens (including phenoxy) is 2. The number of nitro benzene ring substituents is 1. The van der Waals surface area contributed by atoms with Crippen LogP contribution in [0.2, 0.25) is 0 Å². The Kier molecular flexibility index (Phi) is 11.7. The lowest BCUT2D eigenvalue weighted by atomic mass is 9.59. The number of hydrogen-bond acceptors (Lipinski definition) is 12. The van der Waals surface area contributed by atoms with Gasteiger partial charge in [0, 0.05) is 60.6 Å². The largest absolute Gasteiger partial charge is 0.489 e. The Balaban J connectivity index is 0.863. The Morgan fingerprint density at radius 1 is 1.03 bits per heavy atom. The topological polar surface area (TPSA) is 192 Å². The van der Waals surface area contributed by atoms with Gasteiger partial charge in [0.15, 0.2) is 11.4 Å². The summed E-state index contributed by atoms with van der Waals surface area (Å²) in [6.45, 7) is 11.3. The maximum Gasteiger partial charge on any atom is 0.297 e. The number of anilines is 2. The van der Waals surface area contributed by atoms with Crippen LogP contribution in [-0.2, 0) is 10.0 Å². The van der Waals surface area contributed by atoms with Crippen LogP contribution in [0.4, 0.5) is 17.1 Å². The predicted octanol–water partition coefficient (Wildman–Crippen LogP) is 9.51. The van der Waals surface area contributed by atoms with Crippen molar-refractivity contribution in [3.05, 3.63) is 105 Å². The Labute approximate surface area is 391 Å². The van der Waals surface area contributed by atoms with E-state index in [1.807, 2.05) is 32.2 Å². The van der Waals surface area contributed by atoms with Crippen LogP contribution in [0.25, 0.3) is 11.0 Å². The molecule has 10 rings (SSSR count). The van der Waals surface area contributed by atoms with E-state index in [4.69, 9.17) is 9.47 Å². The van der Waals surface area contributed by atoms with E-state index < -0.39 is 37.0 Å². The van der Waals surface area contributed by atoms with Gasteiger partial charge in [0.05, 0.1) is 33.2 Å². The number of nitrogens with one attached hydrogen (secondary N) is 3. The molecule has 5 aliphatic rings. The highest BCUT2D eigenvalue weighted by atomic mass is 32.2. The minimum absolute atomic E-state index is 0.00536. The summed E-state index contributed by atoms with van der Waals surface area (Å²) < 4.78 is 42.6. The second kappa shape index (κ2) is 17.4. The normalized spacial score (nSPS) is 24.2. The number of aromatic amines is 1. The Morgan fingerprint density at radius 3 is 2.54 bits per heavy atom. The lowest BCUT2D eigenvalue weighted by Gasteiger charge is -2.56. The van der Waals surface area contributed by atoms with Crippen LogP contribution in [0.15, 0.2) is 78.0 Å². The quantitative estimate of drug-likeness (QED) is 0.0726. The van der Waals surface area contributed by atoms with Gasteiger partial charge in [0.1, 0.15) is 23.8 Å². The van der Waals surface area contributed by atoms with Crippen molar-refractivity contribution in [1.29, 1.82) is 0 Å². The van der Waals surface area contributed by atoms with E-state index in [2.05, 4.69) is 67.9 Å².